The number of aryl methyl sites for hydroxylation is 1. The molecular weight excluding hydrogens is 301 g/mol. The fraction of sp³-hybridized carbons (Fsp3) is 0.429. The van der Waals surface area contributed by atoms with E-state index in [0.717, 1.165) is 12.1 Å². The van der Waals surface area contributed by atoms with Crippen LogP contribution in [0, 0.1) is 12.7 Å². The molecule has 1 N–H and O–H groups in total. The van der Waals surface area contributed by atoms with Crippen LogP contribution in [0.5, 0.6) is 0 Å². The van der Waals surface area contributed by atoms with Crippen LogP contribution in [-0.4, -0.2) is 13.6 Å². The summed E-state index contributed by atoms with van der Waals surface area (Å²) in [4.78, 5) is 0. The first-order valence-corrected chi connectivity index (χ1v) is 8.76. The molecule has 24 heavy (non-hydrogen) atoms. The van der Waals surface area contributed by atoms with Gasteiger partial charge in [-0.25, -0.2) is 4.39 Å². The van der Waals surface area contributed by atoms with Gasteiger partial charge in [-0.05, 0) is 55.8 Å². The van der Waals surface area contributed by atoms with Gasteiger partial charge in [-0.2, -0.15) is 0 Å². The lowest BCUT2D eigenvalue weighted by Crippen LogP contribution is -2.04. The van der Waals surface area contributed by atoms with Gasteiger partial charge in [0.15, 0.2) is 0 Å². The van der Waals surface area contributed by atoms with Gasteiger partial charge >= 0.3 is 0 Å². The fourth-order valence-corrected chi connectivity index (χ4v) is 2.54. The number of nitrogens with one attached hydrogen (secondary N) is 1. The summed E-state index contributed by atoms with van der Waals surface area (Å²) in [5.41, 5.74) is 4.68. The van der Waals surface area contributed by atoms with E-state index < -0.39 is 0 Å². The zero-order valence-corrected chi connectivity index (χ0v) is 15.5. The predicted molar refractivity (Wildman–Crippen MR) is 99.8 cm³/mol. The van der Waals surface area contributed by atoms with E-state index in [2.05, 4.69) is 37.4 Å². The number of halogens is 1. The summed E-state index contributed by atoms with van der Waals surface area (Å²) in [5.74, 6) is -0.212. The van der Waals surface area contributed by atoms with Crippen molar-refractivity contribution < 1.29 is 9.13 Å². The quantitative estimate of drug-likeness (QED) is 0.813. The van der Waals surface area contributed by atoms with Crippen molar-refractivity contribution in [2.75, 3.05) is 13.6 Å². The Kier molecular flexibility index (Phi) is 9.28. The van der Waals surface area contributed by atoms with Crippen LogP contribution in [0.4, 0.5) is 4.39 Å². The maximum absolute atomic E-state index is 12.9. The van der Waals surface area contributed by atoms with Gasteiger partial charge in [0.05, 0.1) is 6.61 Å². The number of rotatable bonds is 3. The van der Waals surface area contributed by atoms with Crippen molar-refractivity contribution in [3.8, 4) is 0 Å². The molecule has 1 aliphatic rings. The first-order valence-electron chi connectivity index (χ1n) is 8.76. The lowest BCUT2D eigenvalue weighted by atomic mass is 9.98. The maximum Gasteiger partial charge on any atom is 0.123 e. The maximum atomic E-state index is 12.9. The van der Waals surface area contributed by atoms with Gasteiger partial charge in [-0.1, -0.05) is 56.7 Å². The largest absolute Gasteiger partial charge is 0.364 e. The Morgan fingerprint density at radius 2 is 1.79 bits per heavy atom. The SMILES string of the molecule is CC.CCCNC.Cc1ccc2c(c1)COC2c1ccc(F)cc1. The van der Waals surface area contributed by atoms with Crippen LogP contribution >= 0.6 is 0 Å². The number of ether oxygens (including phenoxy) is 1. The monoisotopic (exact) mass is 331 g/mol. The van der Waals surface area contributed by atoms with Gasteiger partial charge in [0.1, 0.15) is 11.9 Å². The molecule has 3 heteroatoms. The van der Waals surface area contributed by atoms with E-state index >= 15 is 0 Å². The normalized spacial score (nSPS) is 14.8. The Morgan fingerprint density at radius 1 is 1.12 bits per heavy atom. The third-order valence-corrected chi connectivity index (χ3v) is 3.66. The van der Waals surface area contributed by atoms with E-state index in [1.54, 1.807) is 12.1 Å². The topological polar surface area (TPSA) is 21.3 Å². The van der Waals surface area contributed by atoms with E-state index in [-0.39, 0.29) is 11.9 Å². The second-order valence-electron chi connectivity index (χ2n) is 5.55. The minimum atomic E-state index is -0.212. The number of benzene rings is 2. The van der Waals surface area contributed by atoms with Gasteiger partial charge in [-0.3, -0.25) is 0 Å². The van der Waals surface area contributed by atoms with Crippen LogP contribution in [-0.2, 0) is 11.3 Å². The molecule has 0 saturated heterocycles. The molecular formula is C21H30FNO. The zero-order chi connectivity index (χ0) is 17.9. The fourth-order valence-electron chi connectivity index (χ4n) is 2.54. The average Bonchev–Trinajstić information content (AvgIpc) is 3.02. The van der Waals surface area contributed by atoms with Gasteiger partial charge in [0.25, 0.3) is 0 Å². The second-order valence-corrected chi connectivity index (χ2v) is 5.55. The zero-order valence-electron chi connectivity index (χ0n) is 15.5. The number of fused-ring (bicyclic) bond motifs is 1. The lowest BCUT2D eigenvalue weighted by molar-refractivity contribution is 0.0939. The van der Waals surface area contributed by atoms with Crippen molar-refractivity contribution in [3.05, 3.63) is 70.5 Å². The first-order chi connectivity index (χ1) is 11.7. The Bertz CT molecular complexity index is 593. The molecule has 0 bridgehead atoms. The number of hydrogen-bond donors (Lipinski definition) is 1. The Morgan fingerprint density at radius 3 is 2.33 bits per heavy atom. The summed E-state index contributed by atoms with van der Waals surface area (Å²) >= 11 is 0. The van der Waals surface area contributed by atoms with E-state index in [4.69, 9.17) is 4.74 Å². The summed E-state index contributed by atoms with van der Waals surface area (Å²) in [6, 6.07) is 12.9. The third kappa shape index (κ3) is 5.73. The van der Waals surface area contributed by atoms with Gasteiger partial charge in [0, 0.05) is 0 Å². The second kappa shape index (κ2) is 11.0. The molecule has 1 aliphatic heterocycles. The highest BCUT2D eigenvalue weighted by Gasteiger charge is 2.24. The summed E-state index contributed by atoms with van der Waals surface area (Å²) < 4.78 is 18.7. The highest BCUT2D eigenvalue weighted by atomic mass is 19.1. The predicted octanol–water partition coefficient (Wildman–Crippen LogP) is 5.40. The molecule has 3 rings (SSSR count). The van der Waals surface area contributed by atoms with Crippen molar-refractivity contribution in [3.63, 3.8) is 0 Å². The molecule has 2 aromatic carbocycles. The first kappa shape index (κ1) is 20.3. The molecule has 1 atom stereocenters. The lowest BCUT2D eigenvalue weighted by Gasteiger charge is -2.11. The molecule has 0 radical (unpaired) electrons. The molecule has 0 saturated carbocycles. The molecule has 0 aromatic heterocycles. The van der Waals surface area contributed by atoms with E-state index in [9.17, 15) is 4.39 Å². The molecule has 0 fully saturated rings. The Labute approximate surface area is 146 Å². The van der Waals surface area contributed by atoms with Crippen molar-refractivity contribution in [2.45, 2.75) is 46.8 Å². The standard InChI is InChI=1S/C15H13FO.C4H11N.C2H6/c1-10-2-7-14-12(8-10)9-17-15(14)11-3-5-13(16)6-4-11;1-3-4-5-2;1-2/h2-8,15H,9H2,1H3;5H,3-4H2,1-2H3;1-2H3. The third-order valence-electron chi connectivity index (χ3n) is 3.66. The van der Waals surface area contributed by atoms with Gasteiger partial charge in [-0.15, -0.1) is 0 Å². The van der Waals surface area contributed by atoms with Crippen LogP contribution in [0.2, 0.25) is 0 Å². The van der Waals surface area contributed by atoms with Crippen LogP contribution in [0.3, 0.4) is 0 Å². The van der Waals surface area contributed by atoms with Gasteiger partial charge < -0.3 is 10.1 Å². The Hall–Kier alpha value is -1.71. The molecule has 0 amide bonds. The van der Waals surface area contributed by atoms with Crippen LogP contribution in [0.25, 0.3) is 0 Å². The van der Waals surface area contributed by atoms with Gasteiger partial charge in [0.2, 0.25) is 0 Å². The molecule has 0 spiro atoms. The van der Waals surface area contributed by atoms with Crippen LogP contribution in [0.15, 0.2) is 42.5 Å². The Balaban J connectivity index is 0.000000356. The molecule has 0 aliphatic carbocycles. The van der Waals surface area contributed by atoms with Crippen LogP contribution in [0.1, 0.15) is 55.5 Å². The smallest absolute Gasteiger partial charge is 0.123 e. The average molecular weight is 331 g/mol. The van der Waals surface area contributed by atoms with Crippen molar-refractivity contribution in [1.29, 1.82) is 0 Å². The van der Waals surface area contributed by atoms with E-state index in [0.29, 0.717) is 6.61 Å². The van der Waals surface area contributed by atoms with E-state index in [1.807, 2.05) is 20.9 Å². The van der Waals surface area contributed by atoms with Crippen LogP contribution < -0.4 is 5.32 Å². The molecule has 132 valence electrons. The van der Waals surface area contributed by atoms with Crippen molar-refractivity contribution in [2.24, 2.45) is 0 Å². The summed E-state index contributed by atoms with van der Waals surface area (Å²) in [6.45, 7) is 10.0. The molecule has 2 nitrogen and oxygen atoms in total. The van der Waals surface area contributed by atoms with Crippen molar-refractivity contribution in [1.82, 2.24) is 5.32 Å². The minimum Gasteiger partial charge on any atom is -0.364 e. The summed E-state index contributed by atoms with van der Waals surface area (Å²) in [5, 5.41) is 3.02. The van der Waals surface area contributed by atoms with Crippen molar-refractivity contribution >= 4 is 0 Å². The number of hydrogen-bond acceptors (Lipinski definition) is 2. The molecule has 1 heterocycles. The summed E-state index contributed by atoms with van der Waals surface area (Å²) in [7, 11) is 1.96. The van der Waals surface area contributed by atoms with E-state index in [1.165, 1.54) is 35.2 Å². The highest BCUT2D eigenvalue weighted by molar-refractivity contribution is 5.40. The molecule has 2 aromatic rings. The minimum absolute atomic E-state index is 0.0498. The highest BCUT2D eigenvalue weighted by Crippen LogP contribution is 2.36. The molecule has 1 unspecified atom stereocenters. The summed E-state index contributed by atoms with van der Waals surface area (Å²) in [6.07, 6.45) is 1.18.